The smallest absolute Gasteiger partial charge is 0.194 e. The Morgan fingerprint density at radius 2 is 2.00 bits per heavy atom. The van der Waals surface area contributed by atoms with Crippen molar-refractivity contribution in [3.8, 4) is 0 Å². The molecule has 0 aromatic carbocycles. The van der Waals surface area contributed by atoms with Crippen LogP contribution in [-0.2, 0) is 13.4 Å². The molecule has 0 unspecified atom stereocenters. The van der Waals surface area contributed by atoms with Gasteiger partial charge in [-0.15, -0.1) is 4.33 Å². The van der Waals surface area contributed by atoms with Crippen molar-refractivity contribution >= 4 is 12.3 Å². The van der Waals surface area contributed by atoms with Crippen molar-refractivity contribution in [2.75, 3.05) is 27.2 Å². The van der Waals surface area contributed by atoms with Gasteiger partial charge >= 0.3 is 0 Å². The summed E-state index contributed by atoms with van der Waals surface area (Å²) < 4.78 is 9.86. The third-order valence-electron chi connectivity index (χ3n) is 1.94. The van der Waals surface area contributed by atoms with Crippen molar-refractivity contribution in [1.29, 1.82) is 0 Å². The maximum absolute atomic E-state index is 5.31. The molecule has 0 aliphatic carbocycles. The predicted octanol–water partition coefficient (Wildman–Crippen LogP) is 1.24. The zero-order chi connectivity index (χ0) is 8.81. The lowest BCUT2D eigenvalue weighted by molar-refractivity contribution is -0.168. The molecule has 1 rings (SSSR count). The highest BCUT2D eigenvalue weighted by molar-refractivity contribution is 7.89. The van der Waals surface area contributed by atoms with Crippen LogP contribution >= 0.6 is 12.3 Å². The quantitative estimate of drug-likeness (QED) is 0.290. The van der Waals surface area contributed by atoms with Gasteiger partial charge in [0.15, 0.2) is 12.3 Å². The highest BCUT2D eigenvalue weighted by Crippen LogP contribution is 2.18. The molecule has 0 aromatic heterocycles. The maximum Gasteiger partial charge on any atom is 0.194 e. The lowest BCUT2D eigenvalue weighted by Gasteiger charge is -2.27. The molecule has 1 heterocycles. The molecular formula is C7H15NO3S. The Morgan fingerprint density at radius 3 is 2.58 bits per heavy atom. The van der Waals surface area contributed by atoms with Crippen LogP contribution in [0.15, 0.2) is 0 Å². The van der Waals surface area contributed by atoms with E-state index in [1.165, 1.54) is 7.11 Å². The monoisotopic (exact) mass is 193 g/mol. The Bertz CT molecular complexity index is 117. The molecule has 1 saturated heterocycles. The van der Waals surface area contributed by atoms with Crippen molar-refractivity contribution in [1.82, 2.24) is 4.90 Å². The van der Waals surface area contributed by atoms with Gasteiger partial charge in [-0.25, -0.2) is 4.89 Å². The number of rotatable bonds is 4. The summed E-state index contributed by atoms with van der Waals surface area (Å²) in [5.41, 5.74) is 0. The fourth-order valence-corrected chi connectivity index (χ4v) is 1.57. The van der Waals surface area contributed by atoms with E-state index in [2.05, 4.69) is 21.2 Å². The topological polar surface area (TPSA) is 30.9 Å². The summed E-state index contributed by atoms with van der Waals surface area (Å²) in [7, 11) is 3.58. The zero-order valence-corrected chi connectivity index (χ0v) is 8.30. The van der Waals surface area contributed by atoms with Crippen molar-refractivity contribution in [2.45, 2.75) is 18.9 Å². The number of nitrogens with zero attached hydrogens (tertiary/aromatic N) is 1. The fraction of sp³-hybridized carbons (Fsp3) is 1.00. The van der Waals surface area contributed by atoms with Gasteiger partial charge in [0.25, 0.3) is 0 Å². The molecule has 0 saturated carbocycles. The van der Waals surface area contributed by atoms with Gasteiger partial charge in [-0.1, -0.05) is 0 Å². The second kappa shape index (κ2) is 5.77. The summed E-state index contributed by atoms with van der Waals surface area (Å²) >= 11 is 0.920. The van der Waals surface area contributed by atoms with Crippen LogP contribution in [0.5, 0.6) is 0 Å². The first-order valence-electron chi connectivity index (χ1n) is 4.04. The van der Waals surface area contributed by atoms with Gasteiger partial charge in [-0.05, 0) is 19.9 Å². The van der Waals surface area contributed by atoms with E-state index in [9.17, 15) is 0 Å². The summed E-state index contributed by atoms with van der Waals surface area (Å²) in [6.45, 7) is 2.19. The average molecular weight is 193 g/mol. The highest BCUT2D eigenvalue weighted by Gasteiger charge is 2.17. The first kappa shape index (κ1) is 10.3. The Morgan fingerprint density at radius 1 is 1.33 bits per heavy atom. The molecule has 1 fully saturated rings. The van der Waals surface area contributed by atoms with Gasteiger partial charge < -0.3 is 4.90 Å². The van der Waals surface area contributed by atoms with Crippen LogP contribution < -0.4 is 0 Å². The first-order chi connectivity index (χ1) is 5.83. The van der Waals surface area contributed by atoms with Crippen LogP contribution in [0.4, 0.5) is 0 Å². The van der Waals surface area contributed by atoms with Gasteiger partial charge in [-0.2, -0.15) is 0 Å². The molecule has 0 spiro atoms. The third kappa shape index (κ3) is 3.73. The maximum atomic E-state index is 5.31. The lowest BCUT2D eigenvalue weighted by atomic mass is 10.1. The zero-order valence-electron chi connectivity index (χ0n) is 7.49. The summed E-state index contributed by atoms with van der Waals surface area (Å²) in [5, 5.41) is 0. The van der Waals surface area contributed by atoms with Crippen LogP contribution in [-0.4, -0.2) is 38.3 Å². The van der Waals surface area contributed by atoms with E-state index in [-0.39, 0.29) is 0 Å². The van der Waals surface area contributed by atoms with Crippen molar-refractivity contribution < 1.29 is 13.4 Å². The van der Waals surface area contributed by atoms with Crippen LogP contribution in [0.2, 0.25) is 0 Å². The Labute approximate surface area is 77.5 Å². The molecule has 12 heavy (non-hydrogen) atoms. The second-order valence-electron chi connectivity index (χ2n) is 2.90. The van der Waals surface area contributed by atoms with Crippen molar-refractivity contribution in [3.05, 3.63) is 0 Å². The predicted molar refractivity (Wildman–Crippen MR) is 47.3 cm³/mol. The molecular weight excluding hydrogens is 178 g/mol. The van der Waals surface area contributed by atoms with E-state index >= 15 is 0 Å². The molecule has 0 atom stereocenters. The average Bonchev–Trinajstić information content (AvgIpc) is 2.09. The van der Waals surface area contributed by atoms with Crippen LogP contribution in [0.1, 0.15) is 12.8 Å². The van der Waals surface area contributed by atoms with Crippen molar-refractivity contribution in [2.24, 2.45) is 0 Å². The molecule has 0 bridgehead atoms. The summed E-state index contributed by atoms with van der Waals surface area (Å²) in [6.07, 6.45) is 2.44. The Balaban J connectivity index is 2.01. The standard InChI is InChI=1S/C7H15NO3S/c1-8-5-3-7(4-6-8)10-12-11-9-2/h7H,3-6H2,1-2H3. The number of hydrogen-bond acceptors (Lipinski definition) is 5. The SMILES string of the molecule is COOSOC1CCN(C)CC1. The molecule has 1 aliphatic heterocycles. The van der Waals surface area contributed by atoms with Crippen LogP contribution in [0.3, 0.4) is 0 Å². The van der Waals surface area contributed by atoms with E-state index in [0.717, 1.165) is 38.3 Å². The van der Waals surface area contributed by atoms with E-state index in [1.54, 1.807) is 0 Å². The normalized spacial score (nSPS) is 21.5. The molecule has 1 aliphatic rings. The van der Waals surface area contributed by atoms with E-state index in [0.29, 0.717) is 6.10 Å². The van der Waals surface area contributed by atoms with E-state index < -0.39 is 0 Å². The number of piperidine rings is 1. The minimum Gasteiger partial charge on any atom is -0.306 e. The Hall–Kier alpha value is 0.190. The van der Waals surface area contributed by atoms with E-state index in [1.807, 2.05) is 0 Å². The second-order valence-corrected chi connectivity index (χ2v) is 3.37. The third-order valence-corrected chi connectivity index (χ3v) is 2.48. The minimum atomic E-state index is 0.307. The van der Waals surface area contributed by atoms with Crippen molar-refractivity contribution in [3.63, 3.8) is 0 Å². The fourth-order valence-electron chi connectivity index (χ4n) is 1.18. The largest absolute Gasteiger partial charge is 0.306 e. The molecule has 0 amide bonds. The molecule has 0 radical (unpaired) electrons. The molecule has 5 heteroatoms. The summed E-state index contributed by atoms with van der Waals surface area (Å²) in [5.74, 6) is 0. The molecule has 72 valence electrons. The van der Waals surface area contributed by atoms with Gasteiger partial charge in [0.2, 0.25) is 0 Å². The first-order valence-corrected chi connectivity index (χ1v) is 4.71. The number of hydrogen-bond donors (Lipinski definition) is 0. The van der Waals surface area contributed by atoms with Crippen LogP contribution in [0, 0.1) is 0 Å². The molecule has 4 nitrogen and oxygen atoms in total. The van der Waals surface area contributed by atoms with Crippen LogP contribution in [0.25, 0.3) is 0 Å². The summed E-state index contributed by atoms with van der Waals surface area (Å²) in [4.78, 5) is 6.67. The van der Waals surface area contributed by atoms with Gasteiger partial charge in [0.1, 0.15) is 0 Å². The Kier molecular flexibility index (Phi) is 4.94. The lowest BCUT2D eigenvalue weighted by Crippen LogP contribution is -2.33. The van der Waals surface area contributed by atoms with Gasteiger partial charge in [0, 0.05) is 13.1 Å². The number of likely N-dealkylation sites (tertiary alicyclic amines) is 1. The molecule has 0 aromatic rings. The molecule has 0 N–H and O–H groups in total. The van der Waals surface area contributed by atoms with Gasteiger partial charge in [-0.3, -0.25) is 4.18 Å². The minimum absolute atomic E-state index is 0.307. The van der Waals surface area contributed by atoms with Gasteiger partial charge in [0.05, 0.1) is 13.2 Å². The summed E-state index contributed by atoms with van der Waals surface area (Å²) in [6, 6.07) is 0. The van der Waals surface area contributed by atoms with E-state index in [4.69, 9.17) is 4.18 Å². The highest BCUT2D eigenvalue weighted by atomic mass is 32.2.